The number of nitrogens with one attached hydrogen (secondary N) is 1. The number of halogens is 1. The monoisotopic (exact) mass is 300 g/mol. The predicted octanol–water partition coefficient (Wildman–Crippen LogP) is 3.58. The summed E-state index contributed by atoms with van der Waals surface area (Å²) in [6.07, 6.45) is 0.981. The van der Waals surface area contributed by atoms with Crippen molar-refractivity contribution in [3.63, 3.8) is 0 Å². The van der Waals surface area contributed by atoms with Gasteiger partial charge in [-0.2, -0.15) is 0 Å². The number of rotatable bonds is 3. The number of nitrogens with zero attached hydrogens (tertiary/aromatic N) is 1. The lowest BCUT2D eigenvalue weighted by atomic mass is 10.1. The van der Waals surface area contributed by atoms with E-state index >= 15 is 0 Å². The molecule has 0 atom stereocenters. The highest BCUT2D eigenvalue weighted by atomic mass is 35.5. The molecule has 1 aliphatic rings. The van der Waals surface area contributed by atoms with Gasteiger partial charge in [0.25, 0.3) is 5.91 Å². The number of amides is 1. The molecule has 1 amide bonds. The molecule has 0 aliphatic carbocycles. The fraction of sp³-hybridized carbons (Fsp3) is 0.235. The van der Waals surface area contributed by atoms with Crippen molar-refractivity contribution in [2.24, 2.45) is 0 Å². The van der Waals surface area contributed by atoms with Crippen LogP contribution in [0.25, 0.3) is 0 Å². The molecule has 4 heteroatoms. The van der Waals surface area contributed by atoms with Gasteiger partial charge in [-0.25, -0.2) is 0 Å². The minimum absolute atomic E-state index is 0.0321. The minimum atomic E-state index is 0.0321. The molecule has 2 aromatic rings. The third-order valence-electron chi connectivity index (χ3n) is 3.72. The van der Waals surface area contributed by atoms with Crippen LogP contribution in [0, 0.1) is 0 Å². The van der Waals surface area contributed by atoms with Crippen LogP contribution in [0.1, 0.15) is 21.5 Å². The van der Waals surface area contributed by atoms with Crippen LogP contribution < -0.4 is 5.32 Å². The zero-order valence-corrected chi connectivity index (χ0v) is 12.7. The van der Waals surface area contributed by atoms with Crippen LogP contribution in [0.3, 0.4) is 0 Å². The van der Waals surface area contributed by atoms with Gasteiger partial charge < -0.3 is 10.2 Å². The average Bonchev–Trinajstić information content (AvgIpc) is 2.93. The molecule has 108 valence electrons. The Morgan fingerprint density at radius 3 is 2.95 bits per heavy atom. The molecule has 0 fully saturated rings. The summed E-state index contributed by atoms with van der Waals surface area (Å²) < 4.78 is 0. The molecule has 2 aromatic carbocycles. The maximum Gasteiger partial charge on any atom is 0.253 e. The molecular weight excluding hydrogens is 284 g/mol. The summed E-state index contributed by atoms with van der Waals surface area (Å²) >= 11 is 5.98. The molecule has 3 rings (SSSR count). The molecule has 0 aromatic heterocycles. The lowest BCUT2D eigenvalue weighted by Gasteiger charge is -2.18. The van der Waals surface area contributed by atoms with E-state index in [0.717, 1.165) is 29.8 Å². The van der Waals surface area contributed by atoms with Crippen LogP contribution in [0.15, 0.2) is 42.5 Å². The molecule has 0 bridgehead atoms. The van der Waals surface area contributed by atoms with E-state index in [-0.39, 0.29) is 5.91 Å². The van der Waals surface area contributed by atoms with Gasteiger partial charge >= 0.3 is 0 Å². The van der Waals surface area contributed by atoms with Gasteiger partial charge in [0, 0.05) is 36.4 Å². The standard InChI is InChI=1S/C17H17ClN2O/c1-20(11-12-3-2-4-15(18)9-12)17(21)14-5-6-16-13(10-14)7-8-19-16/h2-6,9-10,19H,7-8,11H2,1H3. The second kappa shape index (κ2) is 5.78. The van der Waals surface area contributed by atoms with Gasteiger partial charge in [-0.1, -0.05) is 23.7 Å². The first-order chi connectivity index (χ1) is 10.1. The Morgan fingerprint density at radius 1 is 1.29 bits per heavy atom. The lowest BCUT2D eigenvalue weighted by Crippen LogP contribution is -2.26. The summed E-state index contributed by atoms with van der Waals surface area (Å²) in [4.78, 5) is 14.2. The molecule has 0 saturated heterocycles. The van der Waals surface area contributed by atoms with Crippen molar-refractivity contribution in [3.05, 3.63) is 64.2 Å². The fourth-order valence-electron chi connectivity index (χ4n) is 2.64. The molecule has 0 saturated carbocycles. The maximum absolute atomic E-state index is 12.5. The number of hydrogen-bond donors (Lipinski definition) is 1. The van der Waals surface area contributed by atoms with Crippen LogP contribution in [-0.4, -0.2) is 24.4 Å². The van der Waals surface area contributed by atoms with Crippen molar-refractivity contribution in [2.45, 2.75) is 13.0 Å². The fourth-order valence-corrected chi connectivity index (χ4v) is 2.85. The molecule has 0 radical (unpaired) electrons. The number of carbonyl (C=O) groups is 1. The van der Waals surface area contributed by atoms with Crippen LogP contribution >= 0.6 is 11.6 Å². The molecule has 1 N–H and O–H groups in total. The lowest BCUT2D eigenvalue weighted by molar-refractivity contribution is 0.0785. The van der Waals surface area contributed by atoms with E-state index in [2.05, 4.69) is 5.32 Å². The van der Waals surface area contributed by atoms with E-state index in [4.69, 9.17) is 11.6 Å². The zero-order chi connectivity index (χ0) is 14.8. The van der Waals surface area contributed by atoms with Gasteiger partial charge in [0.05, 0.1) is 0 Å². The van der Waals surface area contributed by atoms with Gasteiger partial charge in [-0.05, 0) is 47.9 Å². The Kier molecular flexibility index (Phi) is 3.84. The van der Waals surface area contributed by atoms with Crippen molar-refractivity contribution >= 4 is 23.2 Å². The first kappa shape index (κ1) is 14.0. The number of benzene rings is 2. The van der Waals surface area contributed by atoms with Crippen molar-refractivity contribution in [1.29, 1.82) is 0 Å². The summed E-state index contributed by atoms with van der Waals surface area (Å²) in [6, 6.07) is 13.5. The number of carbonyl (C=O) groups excluding carboxylic acids is 1. The molecule has 1 heterocycles. The van der Waals surface area contributed by atoms with E-state index in [1.807, 2.05) is 49.5 Å². The number of anilines is 1. The molecular formula is C17H17ClN2O. The molecule has 21 heavy (non-hydrogen) atoms. The summed E-state index contributed by atoms with van der Waals surface area (Å²) in [5.41, 5.74) is 4.13. The summed E-state index contributed by atoms with van der Waals surface area (Å²) in [5.74, 6) is 0.0321. The largest absolute Gasteiger partial charge is 0.384 e. The Balaban J connectivity index is 1.75. The van der Waals surface area contributed by atoms with E-state index in [0.29, 0.717) is 11.6 Å². The summed E-state index contributed by atoms with van der Waals surface area (Å²) in [6.45, 7) is 1.50. The third-order valence-corrected chi connectivity index (χ3v) is 3.95. The maximum atomic E-state index is 12.5. The Morgan fingerprint density at radius 2 is 2.14 bits per heavy atom. The topological polar surface area (TPSA) is 32.3 Å². The van der Waals surface area contributed by atoms with E-state index in [9.17, 15) is 4.79 Å². The van der Waals surface area contributed by atoms with Gasteiger partial charge in [0.1, 0.15) is 0 Å². The van der Waals surface area contributed by atoms with Gasteiger partial charge in [0.2, 0.25) is 0 Å². The van der Waals surface area contributed by atoms with Crippen LogP contribution in [0.5, 0.6) is 0 Å². The van der Waals surface area contributed by atoms with Gasteiger partial charge in [0.15, 0.2) is 0 Å². The Hall–Kier alpha value is -2.00. The van der Waals surface area contributed by atoms with Crippen molar-refractivity contribution < 1.29 is 4.79 Å². The highest BCUT2D eigenvalue weighted by molar-refractivity contribution is 6.30. The van der Waals surface area contributed by atoms with E-state index in [1.165, 1.54) is 5.56 Å². The number of hydrogen-bond acceptors (Lipinski definition) is 2. The second-order valence-electron chi connectivity index (χ2n) is 5.34. The van der Waals surface area contributed by atoms with Crippen molar-refractivity contribution in [1.82, 2.24) is 4.90 Å². The molecule has 1 aliphatic heterocycles. The van der Waals surface area contributed by atoms with Crippen LogP contribution in [0.4, 0.5) is 5.69 Å². The SMILES string of the molecule is CN(Cc1cccc(Cl)c1)C(=O)c1ccc2c(c1)CCN2. The van der Waals surface area contributed by atoms with Crippen molar-refractivity contribution in [3.8, 4) is 0 Å². The normalized spacial score (nSPS) is 12.7. The smallest absolute Gasteiger partial charge is 0.253 e. The minimum Gasteiger partial charge on any atom is -0.384 e. The first-order valence-corrected chi connectivity index (χ1v) is 7.38. The second-order valence-corrected chi connectivity index (χ2v) is 5.78. The highest BCUT2D eigenvalue weighted by Gasteiger charge is 2.16. The van der Waals surface area contributed by atoms with Crippen LogP contribution in [-0.2, 0) is 13.0 Å². The third kappa shape index (κ3) is 3.03. The van der Waals surface area contributed by atoms with Crippen molar-refractivity contribution in [2.75, 3.05) is 18.9 Å². The molecule has 0 spiro atoms. The van der Waals surface area contributed by atoms with Gasteiger partial charge in [-0.15, -0.1) is 0 Å². The molecule has 3 nitrogen and oxygen atoms in total. The summed E-state index contributed by atoms with van der Waals surface area (Å²) in [7, 11) is 1.81. The Labute approximate surface area is 129 Å². The Bertz CT molecular complexity index is 684. The van der Waals surface area contributed by atoms with Gasteiger partial charge in [-0.3, -0.25) is 4.79 Å². The number of fused-ring (bicyclic) bond motifs is 1. The van der Waals surface area contributed by atoms with E-state index < -0.39 is 0 Å². The predicted molar refractivity (Wildman–Crippen MR) is 85.9 cm³/mol. The average molecular weight is 301 g/mol. The quantitative estimate of drug-likeness (QED) is 0.939. The van der Waals surface area contributed by atoms with E-state index in [1.54, 1.807) is 4.90 Å². The molecule has 0 unspecified atom stereocenters. The van der Waals surface area contributed by atoms with Crippen LogP contribution in [0.2, 0.25) is 5.02 Å². The summed E-state index contributed by atoms with van der Waals surface area (Å²) in [5, 5.41) is 3.99. The first-order valence-electron chi connectivity index (χ1n) is 7.00. The zero-order valence-electron chi connectivity index (χ0n) is 11.9. The highest BCUT2D eigenvalue weighted by Crippen LogP contribution is 2.23.